The number of benzene rings is 2. The molecule has 0 saturated heterocycles. The molecule has 0 spiro atoms. The van der Waals surface area contributed by atoms with Gasteiger partial charge >= 0.3 is 0 Å². The van der Waals surface area contributed by atoms with Gasteiger partial charge in [0.15, 0.2) is 11.6 Å². The van der Waals surface area contributed by atoms with Crippen LogP contribution < -0.4 is 0 Å². The second-order valence-corrected chi connectivity index (χ2v) is 6.09. The Morgan fingerprint density at radius 1 is 0.840 bits per heavy atom. The first-order chi connectivity index (χ1) is 12.1. The molecular weight excluding hydrogens is 337 g/mol. The molecule has 0 unspecified atom stereocenters. The van der Waals surface area contributed by atoms with Crippen LogP contribution in [-0.4, -0.2) is 15.0 Å². The zero-order valence-corrected chi connectivity index (χ0v) is 14.1. The molecule has 0 atom stereocenters. The van der Waals surface area contributed by atoms with Crippen LogP contribution in [0.4, 0.5) is 4.39 Å². The van der Waals surface area contributed by atoms with Crippen LogP contribution in [0.15, 0.2) is 60.7 Å². The fraction of sp³-hybridized carbons (Fsp3) is 0.0500. The van der Waals surface area contributed by atoms with Gasteiger partial charge in [-0.2, -0.15) is 0 Å². The summed E-state index contributed by atoms with van der Waals surface area (Å²) in [4.78, 5) is 13.7. The smallest absolute Gasteiger partial charge is 0.179 e. The molecule has 122 valence electrons. The van der Waals surface area contributed by atoms with Gasteiger partial charge in [0.1, 0.15) is 5.69 Å². The van der Waals surface area contributed by atoms with E-state index >= 15 is 0 Å². The van der Waals surface area contributed by atoms with E-state index < -0.39 is 5.82 Å². The summed E-state index contributed by atoms with van der Waals surface area (Å²) >= 11 is 5.96. The van der Waals surface area contributed by atoms with Crippen molar-refractivity contribution in [2.24, 2.45) is 0 Å². The standard InChI is InChI=1S/C20H13ClFN3/c1-12-6-4-11-17(23-12)20-24-16-10-3-2-7-13(16)19(25-20)14-8-5-9-15(21)18(14)22/h2-11H,1H3. The second-order valence-electron chi connectivity index (χ2n) is 5.68. The first-order valence-electron chi connectivity index (χ1n) is 7.78. The molecule has 0 N–H and O–H groups in total. The van der Waals surface area contributed by atoms with Crippen LogP contribution in [0.25, 0.3) is 33.7 Å². The van der Waals surface area contributed by atoms with E-state index in [1.807, 2.05) is 49.4 Å². The lowest BCUT2D eigenvalue weighted by molar-refractivity contribution is 0.631. The summed E-state index contributed by atoms with van der Waals surface area (Å²) in [6.45, 7) is 1.90. The molecule has 3 nitrogen and oxygen atoms in total. The Balaban J connectivity index is 2.04. The van der Waals surface area contributed by atoms with E-state index in [-0.39, 0.29) is 5.02 Å². The molecule has 0 bridgehead atoms. The van der Waals surface area contributed by atoms with Crippen molar-refractivity contribution in [3.05, 3.63) is 77.2 Å². The normalized spacial score (nSPS) is 11.0. The van der Waals surface area contributed by atoms with Gasteiger partial charge in [0.25, 0.3) is 0 Å². The first kappa shape index (κ1) is 15.7. The van der Waals surface area contributed by atoms with Gasteiger partial charge in [0.05, 0.1) is 16.2 Å². The quantitative estimate of drug-likeness (QED) is 0.482. The Morgan fingerprint density at radius 2 is 1.64 bits per heavy atom. The van der Waals surface area contributed by atoms with Gasteiger partial charge in [-0.1, -0.05) is 41.9 Å². The SMILES string of the molecule is Cc1cccc(-c2nc(-c3cccc(Cl)c3F)c3ccccc3n2)n1. The molecule has 0 aliphatic heterocycles. The molecule has 2 aromatic carbocycles. The maximum absolute atomic E-state index is 14.6. The molecule has 0 saturated carbocycles. The molecule has 0 radical (unpaired) electrons. The van der Waals surface area contributed by atoms with Crippen LogP contribution in [0, 0.1) is 12.7 Å². The Bertz CT molecular complexity index is 1100. The van der Waals surface area contributed by atoms with Gasteiger partial charge in [-0.15, -0.1) is 0 Å². The third-order valence-electron chi connectivity index (χ3n) is 3.93. The largest absolute Gasteiger partial charge is 0.250 e. The molecule has 4 aromatic rings. The molecule has 5 heteroatoms. The third-order valence-corrected chi connectivity index (χ3v) is 4.22. The summed E-state index contributed by atoms with van der Waals surface area (Å²) in [6, 6.07) is 18.1. The molecule has 2 heterocycles. The van der Waals surface area contributed by atoms with Crippen molar-refractivity contribution < 1.29 is 4.39 Å². The van der Waals surface area contributed by atoms with Crippen molar-refractivity contribution in [2.45, 2.75) is 6.92 Å². The van der Waals surface area contributed by atoms with E-state index in [0.29, 0.717) is 22.8 Å². The summed E-state index contributed by atoms with van der Waals surface area (Å²) in [6.07, 6.45) is 0. The number of pyridine rings is 1. The average molecular weight is 350 g/mol. The predicted octanol–water partition coefficient (Wildman–Crippen LogP) is 5.46. The average Bonchev–Trinajstić information content (AvgIpc) is 2.63. The summed E-state index contributed by atoms with van der Waals surface area (Å²) in [5.41, 5.74) is 3.09. The fourth-order valence-corrected chi connectivity index (χ4v) is 2.93. The van der Waals surface area contributed by atoms with E-state index in [2.05, 4.69) is 15.0 Å². The number of nitrogens with zero attached hydrogens (tertiary/aromatic N) is 3. The van der Waals surface area contributed by atoms with Gasteiger partial charge in [0.2, 0.25) is 0 Å². The van der Waals surface area contributed by atoms with Gasteiger partial charge < -0.3 is 0 Å². The van der Waals surface area contributed by atoms with Gasteiger partial charge in [0, 0.05) is 16.6 Å². The molecule has 0 fully saturated rings. The molecule has 25 heavy (non-hydrogen) atoms. The van der Waals surface area contributed by atoms with Crippen LogP contribution in [0.1, 0.15) is 5.69 Å². The van der Waals surface area contributed by atoms with Gasteiger partial charge in [-0.3, -0.25) is 0 Å². The molecular formula is C20H13ClFN3. The topological polar surface area (TPSA) is 38.7 Å². The minimum absolute atomic E-state index is 0.0652. The summed E-state index contributed by atoms with van der Waals surface area (Å²) < 4.78 is 14.6. The van der Waals surface area contributed by atoms with Crippen LogP contribution in [0.3, 0.4) is 0 Å². The van der Waals surface area contributed by atoms with Crippen molar-refractivity contribution in [2.75, 3.05) is 0 Å². The number of hydrogen-bond donors (Lipinski definition) is 0. The second kappa shape index (κ2) is 6.22. The van der Waals surface area contributed by atoms with Crippen molar-refractivity contribution in [3.8, 4) is 22.8 Å². The van der Waals surface area contributed by atoms with Crippen molar-refractivity contribution in [1.82, 2.24) is 15.0 Å². The lowest BCUT2D eigenvalue weighted by Gasteiger charge is -2.10. The number of para-hydroxylation sites is 1. The highest BCUT2D eigenvalue weighted by Gasteiger charge is 2.16. The van der Waals surface area contributed by atoms with Gasteiger partial charge in [-0.05, 0) is 37.3 Å². The van der Waals surface area contributed by atoms with E-state index in [1.165, 1.54) is 6.07 Å². The maximum atomic E-state index is 14.6. The Hall–Kier alpha value is -2.85. The molecule has 0 amide bonds. The lowest BCUT2D eigenvalue weighted by Crippen LogP contribution is -1.98. The highest BCUT2D eigenvalue weighted by atomic mass is 35.5. The number of fused-ring (bicyclic) bond motifs is 1. The summed E-state index contributed by atoms with van der Waals surface area (Å²) in [5, 5.41) is 0.829. The van der Waals surface area contributed by atoms with Crippen LogP contribution in [0.5, 0.6) is 0 Å². The monoisotopic (exact) mass is 349 g/mol. The first-order valence-corrected chi connectivity index (χ1v) is 8.16. The molecule has 0 aliphatic carbocycles. The Kier molecular flexibility index (Phi) is 3.90. The molecule has 2 aromatic heterocycles. The lowest BCUT2D eigenvalue weighted by atomic mass is 10.1. The van der Waals surface area contributed by atoms with Crippen LogP contribution in [-0.2, 0) is 0 Å². The number of halogens is 2. The molecule has 0 aliphatic rings. The van der Waals surface area contributed by atoms with E-state index in [1.54, 1.807) is 12.1 Å². The summed E-state index contributed by atoms with van der Waals surface area (Å²) in [7, 11) is 0. The zero-order chi connectivity index (χ0) is 17.4. The highest BCUT2D eigenvalue weighted by Crippen LogP contribution is 2.32. The Morgan fingerprint density at radius 3 is 2.48 bits per heavy atom. The van der Waals surface area contributed by atoms with E-state index in [0.717, 1.165) is 16.6 Å². The number of aromatic nitrogens is 3. The number of aryl methyl sites for hydroxylation is 1. The van der Waals surface area contributed by atoms with Crippen LogP contribution >= 0.6 is 11.6 Å². The van der Waals surface area contributed by atoms with Gasteiger partial charge in [-0.25, -0.2) is 19.3 Å². The summed E-state index contributed by atoms with van der Waals surface area (Å²) in [5.74, 6) is -0.0343. The number of hydrogen-bond acceptors (Lipinski definition) is 3. The fourth-order valence-electron chi connectivity index (χ4n) is 2.75. The highest BCUT2D eigenvalue weighted by molar-refractivity contribution is 6.31. The predicted molar refractivity (Wildman–Crippen MR) is 97.9 cm³/mol. The third kappa shape index (κ3) is 2.85. The van der Waals surface area contributed by atoms with E-state index in [4.69, 9.17) is 11.6 Å². The maximum Gasteiger partial charge on any atom is 0.179 e. The Labute approximate surface area is 149 Å². The van der Waals surface area contributed by atoms with Crippen molar-refractivity contribution >= 4 is 22.5 Å². The minimum Gasteiger partial charge on any atom is -0.250 e. The zero-order valence-electron chi connectivity index (χ0n) is 13.4. The van der Waals surface area contributed by atoms with Crippen molar-refractivity contribution in [3.63, 3.8) is 0 Å². The van der Waals surface area contributed by atoms with Crippen molar-refractivity contribution in [1.29, 1.82) is 0 Å². The number of rotatable bonds is 2. The molecule has 4 rings (SSSR count). The van der Waals surface area contributed by atoms with E-state index in [9.17, 15) is 4.39 Å². The van der Waals surface area contributed by atoms with Crippen LogP contribution in [0.2, 0.25) is 5.02 Å². The minimum atomic E-state index is -0.490.